The SMILES string of the molecule is CC(C/C=C/CN1CCC1)CS(=O)NC(=O)c1ccc(OCC2CCCc3cc(Cl)ccc32)c(N(C)C)c1.CS.O=CN1CCOCC1. The van der Waals surface area contributed by atoms with E-state index in [2.05, 4.69) is 53.5 Å². The van der Waals surface area contributed by atoms with Crippen LogP contribution < -0.4 is 14.4 Å². The van der Waals surface area contributed by atoms with Gasteiger partial charge in [-0.2, -0.15) is 12.6 Å². The van der Waals surface area contributed by atoms with E-state index in [1.54, 1.807) is 23.3 Å². The average molecular weight is 721 g/mol. The summed E-state index contributed by atoms with van der Waals surface area (Å²) >= 11 is 9.73. The second-order valence-electron chi connectivity index (χ2n) is 12.5. The molecule has 0 spiro atoms. The van der Waals surface area contributed by atoms with Gasteiger partial charge in [-0.15, -0.1) is 0 Å². The number of nitrogens with one attached hydrogen (secondary N) is 1. The standard InChI is InChI=1S/C30H40ClN3O3S.C5H9NO2.CH4S/c1-22(8-4-5-15-34-16-7-17-34)21-38(36)32-30(35)24-11-14-29(28(19-24)33(2)3)37-20-25-10-6-9-23-18-26(31)12-13-27(23)25;7-5-6-1-3-8-4-2-6;1-2/h4-5,11-14,18-19,22,25H,6-10,15-17,20-21H2,1-3H3,(H,32,35);5H,1-4H2;2H,1H3/b5-4+;;. The molecule has 0 bridgehead atoms. The van der Waals surface area contributed by atoms with Crippen LogP contribution in [0.1, 0.15) is 60.0 Å². The maximum absolute atomic E-state index is 12.9. The monoisotopic (exact) mass is 720 g/mol. The normalized spacial score (nSPS) is 18.5. The van der Waals surface area contributed by atoms with Gasteiger partial charge in [-0.25, -0.2) is 4.21 Å². The molecule has 266 valence electrons. The summed E-state index contributed by atoms with van der Waals surface area (Å²) in [5, 5.41) is 0.777. The van der Waals surface area contributed by atoms with E-state index in [0.29, 0.717) is 37.1 Å². The first-order chi connectivity index (χ1) is 23.2. The van der Waals surface area contributed by atoms with Gasteiger partial charge in [-0.1, -0.05) is 36.7 Å². The lowest BCUT2D eigenvalue weighted by Gasteiger charge is -2.29. The van der Waals surface area contributed by atoms with Crippen molar-refractivity contribution < 1.29 is 23.3 Å². The molecule has 0 saturated carbocycles. The predicted molar refractivity (Wildman–Crippen MR) is 201 cm³/mol. The van der Waals surface area contributed by atoms with Crippen molar-refractivity contribution in [2.45, 2.75) is 44.9 Å². The Kier molecular flexibility index (Phi) is 17.9. The quantitative estimate of drug-likeness (QED) is 0.158. The number of aryl methyl sites for hydroxylation is 1. The van der Waals surface area contributed by atoms with Crippen LogP contribution in [-0.4, -0.2) is 105 Å². The van der Waals surface area contributed by atoms with Gasteiger partial charge in [-0.05, 0) is 98.8 Å². The number of likely N-dealkylation sites (tertiary alicyclic amines) is 1. The molecule has 2 fully saturated rings. The van der Waals surface area contributed by atoms with Crippen molar-refractivity contribution in [2.24, 2.45) is 5.92 Å². The first kappa shape index (κ1) is 39.9. The predicted octanol–water partition coefficient (Wildman–Crippen LogP) is 5.61. The third-order valence-electron chi connectivity index (χ3n) is 8.54. The molecule has 2 aromatic carbocycles. The van der Waals surface area contributed by atoms with E-state index in [-0.39, 0.29) is 11.8 Å². The van der Waals surface area contributed by atoms with Crippen LogP contribution in [0.25, 0.3) is 0 Å². The van der Waals surface area contributed by atoms with Crippen molar-refractivity contribution in [3.05, 3.63) is 70.3 Å². The van der Waals surface area contributed by atoms with Gasteiger partial charge >= 0.3 is 0 Å². The number of fused-ring (bicyclic) bond motifs is 1. The van der Waals surface area contributed by atoms with E-state index in [1.807, 2.05) is 31.1 Å². The maximum atomic E-state index is 12.9. The Hall–Kier alpha value is -2.57. The second kappa shape index (κ2) is 21.5. The Morgan fingerprint density at radius 1 is 1.12 bits per heavy atom. The summed E-state index contributed by atoms with van der Waals surface area (Å²) in [5.41, 5.74) is 3.90. The summed E-state index contributed by atoms with van der Waals surface area (Å²) in [5.74, 6) is 1.35. The smallest absolute Gasteiger partial charge is 0.263 e. The molecule has 12 heteroatoms. The van der Waals surface area contributed by atoms with E-state index < -0.39 is 11.0 Å². The zero-order valence-corrected chi connectivity index (χ0v) is 31.3. The largest absolute Gasteiger partial charge is 0.491 e. The van der Waals surface area contributed by atoms with Crippen molar-refractivity contribution >= 4 is 53.2 Å². The summed E-state index contributed by atoms with van der Waals surface area (Å²) in [6, 6.07) is 11.5. The molecular weight excluding hydrogens is 668 g/mol. The first-order valence-electron chi connectivity index (χ1n) is 16.7. The van der Waals surface area contributed by atoms with Crippen LogP contribution in [0, 0.1) is 5.92 Å². The molecule has 1 aliphatic carbocycles. The number of allylic oxidation sites excluding steroid dienone is 1. The highest BCUT2D eigenvalue weighted by molar-refractivity contribution is 7.83. The summed E-state index contributed by atoms with van der Waals surface area (Å²) in [6.07, 6.45) is 12.3. The summed E-state index contributed by atoms with van der Waals surface area (Å²) in [6.45, 7) is 8.88. The highest BCUT2D eigenvalue weighted by atomic mass is 35.5. The topological polar surface area (TPSA) is 91.4 Å². The average Bonchev–Trinajstić information content (AvgIpc) is 3.07. The molecule has 0 aromatic heterocycles. The van der Waals surface area contributed by atoms with Gasteiger partial charge in [-0.3, -0.25) is 19.2 Å². The minimum absolute atomic E-state index is 0.220. The molecule has 1 N–H and O–H groups in total. The molecule has 3 aliphatic rings. The van der Waals surface area contributed by atoms with Crippen molar-refractivity contribution in [1.82, 2.24) is 14.5 Å². The van der Waals surface area contributed by atoms with Gasteiger partial charge in [0, 0.05) is 56.0 Å². The minimum atomic E-state index is -1.44. The number of thiol groups is 1. The van der Waals surface area contributed by atoms with Gasteiger partial charge in [0.1, 0.15) is 16.7 Å². The molecule has 2 saturated heterocycles. The van der Waals surface area contributed by atoms with Crippen LogP contribution in [-0.2, 0) is 26.9 Å². The zero-order valence-electron chi connectivity index (χ0n) is 28.9. The van der Waals surface area contributed by atoms with Crippen LogP contribution >= 0.6 is 24.2 Å². The summed E-state index contributed by atoms with van der Waals surface area (Å²) < 4.78 is 26.6. The van der Waals surface area contributed by atoms with Gasteiger partial charge in [0.2, 0.25) is 6.41 Å². The number of morpholine rings is 1. The third-order valence-corrected chi connectivity index (χ3v) is 10.1. The Morgan fingerprint density at radius 3 is 2.52 bits per heavy atom. The molecule has 0 radical (unpaired) electrons. The molecule has 48 heavy (non-hydrogen) atoms. The second-order valence-corrected chi connectivity index (χ2v) is 14.1. The van der Waals surface area contributed by atoms with Gasteiger partial charge in [0.05, 0.1) is 25.5 Å². The fourth-order valence-corrected chi connectivity index (χ4v) is 6.96. The lowest BCUT2D eigenvalue weighted by molar-refractivity contribution is -0.121. The molecule has 2 aliphatic heterocycles. The number of anilines is 1. The highest BCUT2D eigenvalue weighted by Crippen LogP contribution is 2.35. The number of hydrogen-bond donors (Lipinski definition) is 2. The van der Waals surface area contributed by atoms with Crippen molar-refractivity contribution in [3.8, 4) is 5.75 Å². The number of benzene rings is 2. The third kappa shape index (κ3) is 13.0. The zero-order chi connectivity index (χ0) is 34.9. The van der Waals surface area contributed by atoms with Crippen molar-refractivity contribution in [3.63, 3.8) is 0 Å². The number of carbonyl (C=O) groups excluding carboxylic acids is 2. The number of amides is 2. The van der Waals surface area contributed by atoms with E-state index in [9.17, 15) is 13.8 Å². The first-order valence-corrected chi connectivity index (χ1v) is 19.3. The Morgan fingerprint density at radius 2 is 1.88 bits per heavy atom. The fourth-order valence-electron chi connectivity index (χ4n) is 5.71. The number of halogens is 1. The molecule has 3 atom stereocenters. The molecular formula is C36H53ClN4O5S2. The van der Waals surface area contributed by atoms with Gasteiger partial charge in [0.15, 0.2) is 0 Å². The van der Waals surface area contributed by atoms with Crippen LogP contribution in [0.4, 0.5) is 5.69 Å². The lowest BCUT2D eigenvalue weighted by atomic mass is 9.83. The molecule has 2 aromatic rings. The maximum Gasteiger partial charge on any atom is 0.263 e. The number of hydrogen-bond acceptors (Lipinski definition) is 8. The number of nitrogens with zero attached hydrogens (tertiary/aromatic N) is 3. The number of ether oxygens (including phenoxy) is 2. The van der Waals surface area contributed by atoms with Crippen LogP contribution in [0.3, 0.4) is 0 Å². The Labute approximate surface area is 300 Å². The van der Waals surface area contributed by atoms with Crippen molar-refractivity contribution in [2.75, 3.05) is 83.5 Å². The van der Waals surface area contributed by atoms with E-state index in [1.165, 1.54) is 30.6 Å². The minimum Gasteiger partial charge on any atom is -0.491 e. The van der Waals surface area contributed by atoms with E-state index in [4.69, 9.17) is 21.1 Å². The van der Waals surface area contributed by atoms with Crippen molar-refractivity contribution in [1.29, 1.82) is 0 Å². The summed E-state index contributed by atoms with van der Waals surface area (Å²) in [4.78, 5) is 28.9. The highest BCUT2D eigenvalue weighted by Gasteiger charge is 2.22. The molecule has 3 unspecified atom stereocenters. The molecule has 5 rings (SSSR count). The number of carbonyl (C=O) groups is 2. The van der Waals surface area contributed by atoms with Crippen LogP contribution in [0.5, 0.6) is 5.75 Å². The fraction of sp³-hybridized carbons (Fsp3) is 0.556. The number of rotatable bonds is 13. The van der Waals surface area contributed by atoms with E-state index >= 15 is 0 Å². The van der Waals surface area contributed by atoms with Gasteiger partial charge in [0.25, 0.3) is 5.91 Å². The van der Waals surface area contributed by atoms with Crippen LogP contribution in [0.15, 0.2) is 48.6 Å². The Bertz CT molecular complexity index is 1350. The van der Waals surface area contributed by atoms with Crippen LogP contribution in [0.2, 0.25) is 5.02 Å². The Balaban J connectivity index is 0.000000540. The molecule has 9 nitrogen and oxygen atoms in total. The van der Waals surface area contributed by atoms with Gasteiger partial charge < -0.3 is 19.3 Å². The lowest BCUT2D eigenvalue weighted by Crippen LogP contribution is -2.36. The molecule has 2 amide bonds. The summed E-state index contributed by atoms with van der Waals surface area (Å²) in [7, 11) is 2.42. The van der Waals surface area contributed by atoms with E-state index in [0.717, 1.165) is 68.2 Å². The molecule has 2 heterocycles.